The second-order valence-corrected chi connectivity index (χ2v) is 10.1. The third-order valence-electron chi connectivity index (χ3n) is 7.55. The van der Waals surface area contributed by atoms with Crippen LogP contribution in [0.3, 0.4) is 0 Å². The van der Waals surface area contributed by atoms with Crippen LogP contribution in [0.2, 0.25) is 0 Å². The Hall–Kier alpha value is -2.12. The Morgan fingerprint density at radius 2 is 1.19 bits per heavy atom. The van der Waals surface area contributed by atoms with Crippen molar-refractivity contribution in [1.82, 2.24) is 20.4 Å². The van der Waals surface area contributed by atoms with Gasteiger partial charge in [-0.2, -0.15) is 0 Å². The van der Waals surface area contributed by atoms with Crippen LogP contribution in [-0.4, -0.2) is 72.2 Å². The average molecular weight is 449 g/mol. The number of nitrogens with zero attached hydrogens (tertiary/aromatic N) is 2. The molecule has 2 aliphatic heterocycles. The van der Waals surface area contributed by atoms with Crippen molar-refractivity contribution >= 4 is 23.6 Å². The highest BCUT2D eigenvalue weighted by Gasteiger charge is 2.32. The van der Waals surface area contributed by atoms with Crippen molar-refractivity contribution in [2.24, 2.45) is 17.8 Å². The van der Waals surface area contributed by atoms with Crippen molar-refractivity contribution < 1.29 is 19.2 Å². The lowest BCUT2D eigenvalue weighted by Crippen LogP contribution is -2.55. The zero-order chi connectivity index (χ0) is 23.1. The Morgan fingerprint density at radius 1 is 0.719 bits per heavy atom. The van der Waals surface area contributed by atoms with Gasteiger partial charge in [0.2, 0.25) is 0 Å². The predicted molar refractivity (Wildman–Crippen MR) is 121 cm³/mol. The maximum Gasteiger partial charge on any atom is 0.311 e. The van der Waals surface area contributed by atoms with E-state index in [1.807, 2.05) is 0 Å². The molecular weight excluding hydrogens is 408 g/mol. The van der Waals surface area contributed by atoms with Gasteiger partial charge in [-0.1, -0.05) is 33.1 Å². The molecule has 0 aromatic rings. The first-order chi connectivity index (χ1) is 15.3. The summed E-state index contributed by atoms with van der Waals surface area (Å²) < 4.78 is 0. The van der Waals surface area contributed by atoms with Crippen LogP contribution in [0.1, 0.15) is 71.6 Å². The van der Waals surface area contributed by atoms with Crippen LogP contribution in [0.4, 0.5) is 0 Å². The minimum Gasteiger partial charge on any atom is -0.346 e. The summed E-state index contributed by atoms with van der Waals surface area (Å²) in [5.41, 5.74) is 0. The highest BCUT2D eigenvalue weighted by molar-refractivity contribution is 6.35. The van der Waals surface area contributed by atoms with E-state index in [-0.39, 0.29) is 18.5 Å². The van der Waals surface area contributed by atoms with Crippen molar-refractivity contribution in [2.75, 3.05) is 32.7 Å². The van der Waals surface area contributed by atoms with Gasteiger partial charge < -0.3 is 20.4 Å². The van der Waals surface area contributed by atoms with Crippen LogP contribution < -0.4 is 10.6 Å². The molecule has 32 heavy (non-hydrogen) atoms. The molecular formula is C24H40N4O4. The Balaban J connectivity index is 1.55. The lowest BCUT2D eigenvalue weighted by molar-refractivity contribution is -0.148. The molecule has 180 valence electrons. The minimum atomic E-state index is -0.619. The van der Waals surface area contributed by atoms with Crippen LogP contribution in [0.5, 0.6) is 0 Å². The van der Waals surface area contributed by atoms with Gasteiger partial charge in [0.25, 0.3) is 0 Å². The van der Waals surface area contributed by atoms with E-state index in [2.05, 4.69) is 24.5 Å². The lowest BCUT2D eigenvalue weighted by atomic mass is 9.83. The molecule has 3 rings (SSSR count). The van der Waals surface area contributed by atoms with E-state index in [1.54, 1.807) is 9.80 Å². The molecule has 2 saturated heterocycles. The molecule has 3 fully saturated rings. The standard InChI is InChI=1S/C24H40N4O4/c1-17-8-12-27(13-9-17)23(31)21(29)25-16-20(19-6-4-3-5-7-19)26-22(30)24(32)28-14-10-18(2)11-15-28/h17-20H,3-16H2,1-2H3,(H,25,29)(H,26,30)/t20-/m1/s1. The first kappa shape index (κ1) is 24.5. The molecule has 2 N–H and O–H groups in total. The van der Waals surface area contributed by atoms with Crippen LogP contribution in [0.15, 0.2) is 0 Å². The second-order valence-electron chi connectivity index (χ2n) is 10.1. The number of carbonyl (C=O) groups is 4. The third-order valence-corrected chi connectivity index (χ3v) is 7.55. The number of amides is 4. The summed E-state index contributed by atoms with van der Waals surface area (Å²) in [5.74, 6) is -0.840. The SMILES string of the molecule is CC1CCN(C(=O)C(=O)NC[C@@H](NC(=O)C(=O)N2CCC(C)CC2)C2CCCCC2)CC1. The quantitative estimate of drug-likeness (QED) is 0.640. The van der Waals surface area contributed by atoms with E-state index in [9.17, 15) is 19.2 Å². The maximum atomic E-state index is 12.7. The fraction of sp³-hybridized carbons (Fsp3) is 0.833. The maximum absolute atomic E-state index is 12.7. The van der Waals surface area contributed by atoms with Gasteiger partial charge in [-0.15, -0.1) is 0 Å². The number of piperidine rings is 2. The van der Waals surface area contributed by atoms with Crippen molar-refractivity contribution in [3.63, 3.8) is 0 Å². The number of rotatable bonds is 4. The summed E-state index contributed by atoms with van der Waals surface area (Å²) in [7, 11) is 0. The van der Waals surface area contributed by atoms with Crippen molar-refractivity contribution in [3.8, 4) is 0 Å². The van der Waals surface area contributed by atoms with Crippen LogP contribution in [-0.2, 0) is 19.2 Å². The van der Waals surface area contributed by atoms with Gasteiger partial charge >= 0.3 is 23.6 Å². The van der Waals surface area contributed by atoms with Crippen molar-refractivity contribution in [2.45, 2.75) is 77.7 Å². The zero-order valence-corrected chi connectivity index (χ0v) is 19.7. The minimum absolute atomic E-state index is 0.176. The summed E-state index contributed by atoms with van der Waals surface area (Å²) in [6, 6.07) is -0.339. The summed E-state index contributed by atoms with van der Waals surface area (Å²) in [4.78, 5) is 53.7. The molecule has 0 aromatic carbocycles. The highest BCUT2D eigenvalue weighted by Crippen LogP contribution is 2.26. The Labute approximate surface area is 191 Å². The fourth-order valence-corrected chi connectivity index (χ4v) is 5.09. The number of carbonyl (C=O) groups excluding carboxylic acids is 4. The van der Waals surface area contributed by atoms with Gasteiger partial charge in [0.1, 0.15) is 0 Å². The molecule has 1 atom stereocenters. The first-order valence-electron chi connectivity index (χ1n) is 12.5. The molecule has 0 radical (unpaired) electrons. The van der Waals surface area contributed by atoms with Gasteiger partial charge in [0, 0.05) is 38.8 Å². The van der Waals surface area contributed by atoms with Crippen LogP contribution in [0.25, 0.3) is 0 Å². The number of hydrogen-bond acceptors (Lipinski definition) is 4. The van der Waals surface area contributed by atoms with Gasteiger partial charge in [0.05, 0.1) is 0 Å². The molecule has 2 heterocycles. The summed E-state index contributed by atoms with van der Waals surface area (Å²) >= 11 is 0. The smallest absolute Gasteiger partial charge is 0.311 e. The van der Waals surface area contributed by atoms with E-state index < -0.39 is 23.6 Å². The van der Waals surface area contributed by atoms with E-state index in [1.165, 1.54) is 6.42 Å². The number of hydrogen-bond donors (Lipinski definition) is 2. The second kappa shape index (κ2) is 11.7. The number of nitrogens with one attached hydrogen (secondary N) is 2. The molecule has 0 bridgehead atoms. The molecule has 8 nitrogen and oxygen atoms in total. The summed E-state index contributed by atoms with van der Waals surface area (Å²) in [6.07, 6.45) is 8.88. The van der Waals surface area contributed by atoms with E-state index in [0.29, 0.717) is 38.0 Å². The van der Waals surface area contributed by atoms with E-state index >= 15 is 0 Å². The molecule has 0 unspecified atom stereocenters. The van der Waals surface area contributed by atoms with Gasteiger partial charge in [-0.25, -0.2) is 0 Å². The van der Waals surface area contributed by atoms with Crippen LogP contribution in [0, 0.1) is 17.8 Å². The predicted octanol–water partition coefficient (Wildman–Crippen LogP) is 1.68. The highest BCUT2D eigenvalue weighted by atomic mass is 16.2. The zero-order valence-electron chi connectivity index (χ0n) is 19.7. The van der Waals surface area contributed by atoms with Gasteiger partial charge in [-0.05, 0) is 56.3 Å². The van der Waals surface area contributed by atoms with E-state index in [0.717, 1.165) is 51.4 Å². The first-order valence-corrected chi connectivity index (χ1v) is 12.5. The third kappa shape index (κ3) is 6.69. The fourth-order valence-electron chi connectivity index (χ4n) is 5.09. The molecule has 4 amide bonds. The largest absolute Gasteiger partial charge is 0.346 e. The summed E-state index contributed by atoms with van der Waals surface area (Å²) in [6.45, 7) is 6.94. The molecule has 3 aliphatic rings. The van der Waals surface area contributed by atoms with Gasteiger partial charge in [0.15, 0.2) is 0 Å². The molecule has 1 aliphatic carbocycles. The number of likely N-dealkylation sites (tertiary alicyclic amines) is 2. The summed E-state index contributed by atoms with van der Waals surface area (Å²) in [5, 5.41) is 5.65. The average Bonchev–Trinajstić information content (AvgIpc) is 2.82. The molecule has 1 saturated carbocycles. The Bertz CT molecular complexity index is 675. The van der Waals surface area contributed by atoms with Crippen LogP contribution >= 0.6 is 0 Å². The van der Waals surface area contributed by atoms with Crippen molar-refractivity contribution in [1.29, 1.82) is 0 Å². The monoisotopic (exact) mass is 448 g/mol. The van der Waals surface area contributed by atoms with Gasteiger partial charge in [-0.3, -0.25) is 19.2 Å². The van der Waals surface area contributed by atoms with Crippen molar-refractivity contribution in [3.05, 3.63) is 0 Å². The normalized spacial score (nSPS) is 22.3. The molecule has 0 spiro atoms. The Morgan fingerprint density at radius 3 is 1.69 bits per heavy atom. The topological polar surface area (TPSA) is 98.8 Å². The molecule has 0 aromatic heterocycles. The lowest BCUT2D eigenvalue weighted by Gasteiger charge is -2.33. The van der Waals surface area contributed by atoms with E-state index in [4.69, 9.17) is 0 Å². The molecule has 8 heteroatoms. The Kier molecular flexibility index (Phi) is 8.93.